The van der Waals surface area contributed by atoms with Crippen LogP contribution in [0.5, 0.6) is 5.75 Å². The third kappa shape index (κ3) is 3.45. The molecule has 2 atom stereocenters. The molecule has 3 nitrogen and oxygen atoms in total. The van der Waals surface area contributed by atoms with Crippen molar-refractivity contribution in [3.05, 3.63) is 26.6 Å². The molecule has 1 aromatic rings. The van der Waals surface area contributed by atoms with Crippen molar-refractivity contribution in [2.45, 2.75) is 32.6 Å². The van der Waals surface area contributed by atoms with Gasteiger partial charge in [0, 0.05) is 6.54 Å². The first-order chi connectivity index (χ1) is 7.45. The Morgan fingerprint density at radius 1 is 1.31 bits per heavy atom. The van der Waals surface area contributed by atoms with Crippen molar-refractivity contribution in [1.29, 1.82) is 0 Å². The lowest BCUT2D eigenvalue weighted by Gasteiger charge is -2.19. The number of aliphatic hydroxyl groups is 1. The molecule has 0 radical (unpaired) electrons. The van der Waals surface area contributed by atoms with Crippen molar-refractivity contribution in [1.82, 2.24) is 0 Å². The van der Waals surface area contributed by atoms with Gasteiger partial charge in [-0.15, -0.1) is 0 Å². The largest absolute Gasteiger partial charge is 0.486 e. The minimum Gasteiger partial charge on any atom is -0.486 e. The van der Waals surface area contributed by atoms with E-state index in [1.54, 1.807) is 6.92 Å². The van der Waals surface area contributed by atoms with Crippen molar-refractivity contribution in [3.8, 4) is 5.75 Å². The van der Waals surface area contributed by atoms with Crippen molar-refractivity contribution in [2.75, 3.05) is 0 Å². The maximum atomic E-state index is 9.39. The molecule has 1 rings (SSSR count). The summed E-state index contributed by atoms with van der Waals surface area (Å²) >= 11 is 6.85. The van der Waals surface area contributed by atoms with Crippen LogP contribution in [0.2, 0.25) is 0 Å². The van der Waals surface area contributed by atoms with E-state index in [0.29, 0.717) is 12.3 Å². The average molecular weight is 353 g/mol. The van der Waals surface area contributed by atoms with Crippen LogP contribution in [-0.2, 0) is 6.54 Å². The Bertz CT molecular complexity index is 346. The first kappa shape index (κ1) is 14.0. The highest BCUT2D eigenvalue weighted by Gasteiger charge is 2.15. The van der Waals surface area contributed by atoms with Gasteiger partial charge in [-0.25, -0.2) is 0 Å². The van der Waals surface area contributed by atoms with Crippen molar-refractivity contribution in [2.24, 2.45) is 5.73 Å². The zero-order chi connectivity index (χ0) is 12.3. The molecule has 0 fully saturated rings. The zero-order valence-electron chi connectivity index (χ0n) is 9.21. The smallest absolute Gasteiger partial charge is 0.148 e. The quantitative estimate of drug-likeness (QED) is 0.876. The van der Waals surface area contributed by atoms with Gasteiger partial charge in [-0.1, -0.05) is 0 Å². The normalized spacial score (nSPS) is 14.6. The number of ether oxygens (including phenoxy) is 1. The maximum Gasteiger partial charge on any atom is 0.148 e. The molecule has 0 aliphatic rings. The van der Waals surface area contributed by atoms with Gasteiger partial charge in [-0.2, -0.15) is 0 Å². The molecule has 0 saturated heterocycles. The predicted molar refractivity (Wildman–Crippen MR) is 71.5 cm³/mol. The van der Waals surface area contributed by atoms with E-state index >= 15 is 0 Å². The molecule has 0 aliphatic heterocycles. The van der Waals surface area contributed by atoms with E-state index < -0.39 is 6.10 Å². The summed E-state index contributed by atoms with van der Waals surface area (Å²) in [6.07, 6.45) is -0.788. The number of benzene rings is 1. The Kier molecular flexibility index (Phi) is 5.24. The van der Waals surface area contributed by atoms with Crippen molar-refractivity contribution in [3.63, 3.8) is 0 Å². The van der Waals surface area contributed by atoms with Crippen molar-refractivity contribution >= 4 is 31.9 Å². The summed E-state index contributed by atoms with van der Waals surface area (Å²) in [5, 5.41) is 9.39. The van der Waals surface area contributed by atoms with Gasteiger partial charge in [-0.05, 0) is 63.4 Å². The van der Waals surface area contributed by atoms with Gasteiger partial charge >= 0.3 is 0 Å². The van der Waals surface area contributed by atoms with Crippen LogP contribution in [0, 0.1) is 0 Å². The lowest BCUT2D eigenvalue weighted by Crippen LogP contribution is -2.25. The number of halogens is 2. The van der Waals surface area contributed by atoms with E-state index in [9.17, 15) is 5.11 Å². The van der Waals surface area contributed by atoms with Crippen LogP contribution in [0.1, 0.15) is 19.4 Å². The van der Waals surface area contributed by atoms with Crippen LogP contribution in [-0.4, -0.2) is 17.3 Å². The Balaban J connectivity index is 2.96. The molecule has 0 spiro atoms. The molecule has 90 valence electrons. The Morgan fingerprint density at radius 2 is 1.81 bits per heavy atom. The van der Waals surface area contributed by atoms with Gasteiger partial charge in [0.2, 0.25) is 0 Å². The molecular weight excluding hydrogens is 338 g/mol. The summed E-state index contributed by atoms with van der Waals surface area (Å²) < 4.78 is 7.31. The second-order valence-corrected chi connectivity index (χ2v) is 5.36. The summed E-state index contributed by atoms with van der Waals surface area (Å²) in [5.41, 5.74) is 6.57. The number of nitrogens with two attached hydrogens (primary N) is 1. The highest BCUT2D eigenvalue weighted by molar-refractivity contribution is 9.11. The van der Waals surface area contributed by atoms with E-state index in [0.717, 1.165) is 14.5 Å². The standard InChI is InChI=1S/C11H15Br2NO2/c1-6(15)7(2)16-11-9(12)3-8(5-14)4-10(11)13/h3-4,6-7,15H,5,14H2,1-2H3. The van der Waals surface area contributed by atoms with Crippen LogP contribution in [0.4, 0.5) is 0 Å². The predicted octanol–water partition coefficient (Wildman–Crippen LogP) is 2.82. The highest BCUT2D eigenvalue weighted by Crippen LogP contribution is 2.35. The minimum atomic E-state index is -0.520. The van der Waals surface area contributed by atoms with Crippen LogP contribution in [0.15, 0.2) is 21.1 Å². The molecule has 0 aliphatic carbocycles. The Labute approximate surface area is 112 Å². The summed E-state index contributed by atoms with van der Waals surface area (Å²) in [5.74, 6) is 0.686. The second kappa shape index (κ2) is 6.00. The van der Waals surface area contributed by atoms with Gasteiger partial charge in [0.25, 0.3) is 0 Å². The molecule has 3 N–H and O–H groups in total. The molecule has 0 bridgehead atoms. The SMILES string of the molecule is CC(O)C(C)Oc1c(Br)cc(CN)cc1Br. The van der Waals surface area contributed by atoms with Gasteiger partial charge < -0.3 is 15.6 Å². The van der Waals surface area contributed by atoms with Crippen LogP contribution < -0.4 is 10.5 Å². The lowest BCUT2D eigenvalue weighted by molar-refractivity contribution is 0.0594. The van der Waals surface area contributed by atoms with E-state index in [1.165, 1.54) is 0 Å². The maximum absolute atomic E-state index is 9.39. The molecule has 0 aromatic heterocycles. The Morgan fingerprint density at radius 3 is 2.19 bits per heavy atom. The molecule has 0 amide bonds. The molecule has 5 heteroatoms. The topological polar surface area (TPSA) is 55.5 Å². The molecule has 1 aromatic carbocycles. The molecule has 2 unspecified atom stereocenters. The summed E-state index contributed by atoms with van der Waals surface area (Å²) in [4.78, 5) is 0. The van der Waals surface area contributed by atoms with E-state index in [-0.39, 0.29) is 6.10 Å². The van der Waals surface area contributed by atoms with Crippen molar-refractivity contribution < 1.29 is 9.84 Å². The fourth-order valence-electron chi connectivity index (χ4n) is 1.13. The van der Waals surface area contributed by atoms with Gasteiger partial charge in [0.1, 0.15) is 11.9 Å². The second-order valence-electron chi connectivity index (χ2n) is 3.66. The molecule has 0 heterocycles. The fourth-order valence-corrected chi connectivity index (χ4v) is 2.60. The first-order valence-electron chi connectivity index (χ1n) is 4.98. The Hall–Kier alpha value is -0.100. The minimum absolute atomic E-state index is 0.267. The van der Waals surface area contributed by atoms with Crippen LogP contribution >= 0.6 is 31.9 Å². The summed E-state index contributed by atoms with van der Waals surface area (Å²) in [7, 11) is 0. The number of hydrogen-bond donors (Lipinski definition) is 2. The average Bonchev–Trinajstić information content (AvgIpc) is 2.22. The third-order valence-corrected chi connectivity index (χ3v) is 3.45. The number of aliphatic hydroxyl groups excluding tert-OH is 1. The fraction of sp³-hybridized carbons (Fsp3) is 0.455. The lowest BCUT2D eigenvalue weighted by atomic mass is 10.2. The van der Waals surface area contributed by atoms with Gasteiger partial charge in [0.15, 0.2) is 0 Å². The van der Waals surface area contributed by atoms with E-state index in [4.69, 9.17) is 10.5 Å². The van der Waals surface area contributed by atoms with E-state index in [2.05, 4.69) is 31.9 Å². The van der Waals surface area contributed by atoms with Crippen LogP contribution in [0.3, 0.4) is 0 Å². The van der Waals surface area contributed by atoms with E-state index in [1.807, 2.05) is 19.1 Å². The highest BCUT2D eigenvalue weighted by atomic mass is 79.9. The monoisotopic (exact) mass is 351 g/mol. The molecule has 0 saturated carbocycles. The molecular formula is C11H15Br2NO2. The summed E-state index contributed by atoms with van der Waals surface area (Å²) in [6.45, 7) is 3.99. The summed E-state index contributed by atoms with van der Waals surface area (Å²) in [6, 6.07) is 3.82. The number of hydrogen-bond acceptors (Lipinski definition) is 3. The van der Waals surface area contributed by atoms with Crippen LogP contribution in [0.25, 0.3) is 0 Å². The molecule has 16 heavy (non-hydrogen) atoms. The van der Waals surface area contributed by atoms with Gasteiger partial charge in [-0.3, -0.25) is 0 Å². The number of rotatable bonds is 4. The third-order valence-electron chi connectivity index (χ3n) is 2.28. The zero-order valence-corrected chi connectivity index (χ0v) is 12.4. The first-order valence-corrected chi connectivity index (χ1v) is 6.57. The van der Waals surface area contributed by atoms with Gasteiger partial charge in [0.05, 0.1) is 15.0 Å².